The minimum Gasteiger partial charge on any atom is -0.497 e. The van der Waals surface area contributed by atoms with Crippen molar-refractivity contribution in [1.82, 2.24) is 4.90 Å². The van der Waals surface area contributed by atoms with E-state index in [1.54, 1.807) is 12.2 Å². The Hall–Kier alpha value is -3.64. The highest BCUT2D eigenvalue weighted by atomic mass is 16.7. The zero-order valence-corrected chi connectivity index (χ0v) is 26.2. The van der Waals surface area contributed by atoms with Gasteiger partial charge in [0.1, 0.15) is 18.0 Å². The van der Waals surface area contributed by atoms with Gasteiger partial charge in [-0.15, -0.1) is 12.3 Å². The summed E-state index contributed by atoms with van der Waals surface area (Å²) in [4.78, 5) is 28.2. The predicted molar refractivity (Wildman–Crippen MR) is 163 cm³/mol. The highest BCUT2D eigenvalue weighted by molar-refractivity contribution is 5.94. The molecule has 47 heavy (non-hydrogen) atoms. The highest BCUT2D eigenvalue weighted by Gasteiger charge is 2.56. The molecule has 0 aromatic heterocycles. The molecule has 2 aliphatic carbocycles. The molecule has 0 amide bonds. The molecule has 0 radical (unpaired) electrons. The van der Waals surface area contributed by atoms with E-state index in [1.807, 2.05) is 18.2 Å². The van der Waals surface area contributed by atoms with Gasteiger partial charge >= 0.3 is 11.9 Å². The van der Waals surface area contributed by atoms with Crippen LogP contribution in [0.1, 0.15) is 42.7 Å². The minimum absolute atomic E-state index is 0.00505. The van der Waals surface area contributed by atoms with E-state index in [0.717, 1.165) is 24.1 Å². The molecule has 1 saturated carbocycles. The number of carbonyl (C=O) groups excluding carboxylic acids is 2. The third-order valence-corrected chi connectivity index (χ3v) is 9.87. The number of hydrogen-bond acceptors (Lipinski definition) is 13. The quantitative estimate of drug-likeness (QED) is 0.146. The smallest absolute Gasteiger partial charge is 0.352 e. The van der Waals surface area contributed by atoms with Gasteiger partial charge in [0.25, 0.3) is 0 Å². The average Bonchev–Trinajstić information content (AvgIpc) is 3.62. The molecule has 2 fully saturated rings. The number of hydrogen-bond donors (Lipinski definition) is 4. The topological polar surface area (TPSA) is 174 Å². The summed E-state index contributed by atoms with van der Waals surface area (Å²) in [6.45, 7) is 1.13. The molecule has 9 atom stereocenters. The van der Waals surface area contributed by atoms with Gasteiger partial charge < -0.3 is 48.8 Å². The lowest BCUT2D eigenvalue weighted by Crippen LogP contribution is -2.55. The van der Waals surface area contributed by atoms with Crippen LogP contribution in [0.15, 0.2) is 36.1 Å². The monoisotopic (exact) mass is 655 g/mol. The summed E-state index contributed by atoms with van der Waals surface area (Å²) in [5.41, 5.74) is 0.455. The highest BCUT2D eigenvalue weighted by Crippen LogP contribution is 2.47. The van der Waals surface area contributed by atoms with E-state index < -0.39 is 54.0 Å². The molecule has 254 valence electrons. The van der Waals surface area contributed by atoms with Gasteiger partial charge in [0, 0.05) is 50.4 Å². The molecule has 13 nitrogen and oxygen atoms in total. The fourth-order valence-electron chi connectivity index (χ4n) is 7.25. The second kappa shape index (κ2) is 13.8. The number of benzene rings is 1. The molecule has 3 heterocycles. The maximum absolute atomic E-state index is 13.9. The second-order valence-corrected chi connectivity index (χ2v) is 12.6. The van der Waals surface area contributed by atoms with Gasteiger partial charge in [0.2, 0.25) is 12.4 Å². The summed E-state index contributed by atoms with van der Waals surface area (Å²) >= 11 is 0. The normalized spacial score (nSPS) is 34.4. The summed E-state index contributed by atoms with van der Waals surface area (Å²) in [7, 11) is 1.53. The van der Waals surface area contributed by atoms with Gasteiger partial charge in [-0.2, -0.15) is 0 Å². The number of terminal acetylenes is 1. The molecule has 1 aromatic carbocycles. The number of fused-ring (bicyclic) bond motifs is 4. The van der Waals surface area contributed by atoms with E-state index in [4.69, 9.17) is 34.8 Å². The molecule has 4 N–H and O–H groups in total. The first-order valence-electron chi connectivity index (χ1n) is 15.9. The number of aliphatic hydroxyl groups is 4. The lowest BCUT2D eigenvalue weighted by molar-refractivity contribution is -0.210. The van der Waals surface area contributed by atoms with E-state index in [-0.39, 0.29) is 51.2 Å². The summed E-state index contributed by atoms with van der Waals surface area (Å²) in [5, 5.41) is 39.9. The van der Waals surface area contributed by atoms with Gasteiger partial charge in [-0.05, 0) is 42.2 Å². The molecule has 0 spiro atoms. The lowest BCUT2D eigenvalue weighted by Gasteiger charge is -2.39. The van der Waals surface area contributed by atoms with Gasteiger partial charge in [-0.25, -0.2) is 4.79 Å². The number of methoxy groups -OCH3 is 1. The summed E-state index contributed by atoms with van der Waals surface area (Å²) in [5.74, 6) is 2.25. The van der Waals surface area contributed by atoms with Crippen molar-refractivity contribution in [3.8, 4) is 23.8 Å². The minimum atomic E-state index is -1.54. The Morgan fingerprint density at radius 1 is 1.17 bits per heavy atom. The van der Waals surface area contributed by atoms with Crippen molar-refractivity contribution >= 4 is 11.9 Å². The zero-order chi connectivity index (χ0) is 33.3. The van der Waals surface area contributed by atoms with E-state index >= 15 is 0 Å². The van der Waals surface area contributed by atoms with Crippen LogP contribution in [0.2, 0.25) is 0 Å². The predicted octanol–water partition coefficient (Wildman–Crippen LogP) is 0.317. The van der Waals surface area contributed by atoms with Crippen molar-refractivity contribution in [2.75, 3.05) is 40.2 Å². The Kier molecular flexibility index (Phi) is 9.80. The van der Waals surface area contributed by atoms with E-state index in [2.05, 4.69) is 10.8 Å². The van der Waals surface area contributed by atoms with Crippen LogP contribution in [0.3, 0.4) is 0 Å². The van der Waals surface area contributed by atoms with Gasteiger partial charge in [-0.3, -0.25) is 9.69 Å². The summed E-state index contributed by atoms with van der Waals surface area (Å²) < 4.78 is 34.5. The molecule has 6 rings (SSSR count). The van der Waals surface area contributed by atoms with Gasteiger partial charge in [-0.1, -0.05) is 12.2 Å². The molecule has 5 unspecified atom stereocenters. The zero-order valence-electron chi connectivity index (χ0n) is 26.2. The van der Waals surface area contributed by atoms with E-state index in [0.29, 0.717) is 30.2 Å². The van der Waals surface area contributed by atoms with Crippen LogP contribution in [0.25, 0.3) is 0 Å². The molecule has 3 aliphatic heterocycles. The SMILES string of the molecule is C#CCCN1CCc2cc3c(cc2[C@@H]2[C@H](OC(=O)[C@@]4(C/C=C/COC5CC(CO)C(O)C(O)C5O)CC(=O)O4)C(OC)=C[C@@H]21)OCO3. The van der Waals surface area contributed by atoms with Crippen LogP contribution in [-0.2, 0) is 35.0 Å². The van der Waals surface area contributed by atoms with Crippen LogP contribution in [0.4, 0.5) is 0 Å². The van der Waals surface area contributed by atoms with Crippen molar-refractivity contribution < 1.29 is 58.4 Å². The fraction of sp³-hybridized carbons (Fsp3) is 0.588. The third-order valence-electron chi connectivity index (χ3n) is 9.87. The molecule has 13 heteroatoms. The fourth-order valence-corrected chi connectivity index (χ4v) is 7.25. The van der Waals surface area contributed by atoms with Crippen LogP contribution < -0.4 is 9.47 Å². The number of esters is 2. The largest absolute Gasteiger partial charge is 0.497 e. The van der Waals surface area contributed by atoms with Crippen molar-refractivity contribution in [3.63, 3.8) is 0 Å². The molecule has 1 saturated heterocycles. The second-order valence-electron chi connectivity index (χ2n) is 12.6. The molecule has 1 aromatic rings. The molecule has 5 aliphatic rings. The molecular formula is C34H41NO12. The standard InChI is InChI=1S/C34H41NO12/c1-3-4-9-35-10-7-19-12-23-24(45-18-44-23)14-21(19)28-22(35)15-26(42-2)32(28)46-33(41)34(16-27(37)47-34)8-5-6-11-43-25-13-20(17-36)29(38)31(40)30(25)39/h1,5-6,12,14-15,20,22,25,28-32,36,38-40H,4,7-11,13,16-18H2,2H3/b6-5+/t20?,22-,25?,28-,29?,30?,31?,32+,34+/m0/s1. The molecule has 0 bridgehead atoms. The Labute approximate surface area is 272 Å². The Morgan fingerprint density at radius 3 is 2.64 bits per heavy atom. The third kappa shape index (κ3) is 6.34. The Morgan fingerprint density at radius 2 is 1.94 bits per heavy atom. The van der Waals surface area contributed by atoms with Gasteiger partial charge in [0.15, 0.2) is 17.6 Å². The van der Waals surface area contributed by atoms with Crippen molar-refractivity contribution in [1.29, 1.82) is 0 Å². The van der Waals surface area contributed by atoms with Gasteiger partial charge in [0.05, 0.1) is 32.3 Å². The van der Waals surface area contributed by atoms with Crippen LogP contribution in [0.5, 0.6) is 11.5 Å². The maximum Gasteiger partial charge on any atom is 0.352 e. The van der Waals surface area contributed by atoms with Crippen molar-refractivity contribution in [3.05, 3.63) is 47.2 Å². The number of cyclic esters (lactones) is 1. The first kappa shape index (κ1) is 33.3. The van der Waals surface area contributed by atoms with Crippen molar-refractivity contribution in [2.45, 2.75) is 80.2 Å². The first-order valence-corrected chi connectivity index (χ1v) is 15.9. The molecular weight excluding hydrogens is 614 g/mol. The first-order chi connectivity index (χ1) is 22.7. The van der Waals surface area contributed by atoms with Crippen LogP contribution in [-0.4, -0.2) is 120 Å². The number of carbonyl (C=O) groups is 2. The summed E-state index contributed by atoms with van der Waals surface area (Å²) in [6, 6.07) is 3.74. The summed E-state index contributed by atoms with van der Waals surface area (Å²) in [6.07, 6.45) is 6.43. The number of rotatable bonds is 11. The van der Waals surface area contributed by atoms with E-state index in [9.17, 15) is 30.0 Å². The lowest BCUT2D eigenvalue weighted by atomic mass is 9.81. The maximum atomic E-state index is 13.9. The Bertz CT molecular complexity index is 1440. The van der Waals surface area contributed by atoms with E-state index in [1.165, 1.54) is 7.11 Å². The number of aliphatic hydroxyl groups excluding tert-OH is 4. The Balaban J connectivity index is 1.18. The average molecular weight is 656 g/mol. The van der Waals surface area contributed by atoms with Crippen LogP contribution >= 0.6 is 0 Å². The van der Waals surface area contributed by atoms with Crippen molar-refractivity contribution in [2.24, 2.45) is 5.92 Å². The number of nitrogens with zero attached hydrogens (tertiary/aromatic N) is 1. The van der Waals surface area contributed by atoms with Crippen LogP contribution in [0, 0.1) is 18.3 Å². The number of ether oxygens (including phenoxy) is 6.